The summed E-state index contributed by atoms with van der Waals surface area (Å²) in [6, 6.07) is 5.74. The second-order valence-corrected chi connectivity index (χ2v) is 8.77. The number of aromatic nitrogens is 4. The fourth-order valence-electron chi connectivity index (χ4n) is 4.22. The Kier molecular flexibility index (Phi) is 6.12. The molecule has 1 aliphatic rings. The zero-order chi connectivity index (χ0) is 23.7. The van der Waals surface area contributed by atoms with Crippen LogP contribution in [0.4, 0.5) is 17.6 Å². The number of anilines is 3. The van der Waals surface area contributed by atoms with Crippen LogP contribution in [-0.2, 0) is 0 Å². The van der Waals surface area contributed by atoms with Gasteiger partial charge in [0.05, 0.1) is 56.1 Å². The first-order valence-electron chi connectivity index (χ1n) is 10.9. The fraction of sp³-hybridized carbons (Fsp3) is 0.348. The molecule has 178 valence electrons. The molecule has 0 saturated carbocycles. The van der Waals surface area contributed by atoms with Crippen molar-refractivity contribution >= 4 is 39.1 Å². The lowest BCUT2D eigenvalue weighted by atomic mass is 10.2. The van der Waals surface area contributed by atoms with E-state index < -0.39 is 0 Å². The van der Waals surface area contributed by atoms with E-state index in [9.17, 15) is 5.11 Å². The molecule has 0 spiro atoms. The molecule has 1 fully saturated rings. The standard InChI is InChI=1S/C23H26N6O4S/c1-31-17-9-15(10-18(32-2)20(17)33-3)28-11-19(24-13-28)26-22-21-16(6-8-34-21)25-23(27-22)29-7-4-5-14(29)12-30/h6,8-11,13-14,30H,4-5,7,12H2,1-3H3,(H,25,26,27)/t14-/m0/s1. The largest absolute Gasteiger partial charge is 0.493 e. The Hall–Kier alpha value is -3.57. The van der Waals surface area contributed by atoms with Crippen molar-refractivity contribution in [2.75, 3.05) is 44.7 Å². The number of ether oxygens (including phenoxy) is 3. The zero-order valence-electron chi connectivity index (χ0n) is 19.2. The molecule has 0 unspecified atom stereocenters. The summed E-state index contributed by atoms with van der Waals surface area (Å²) in [7, 11) is 4.75. The molecule has 5 rings (SSSR count). The first-order valence-corrected chi connectivity index (χ1v) is 11.8. The maximum atomic E-state index is 9.74. The third-order valence-electron chi connectivity index (χ3n) is 5.91. The number of benzene rings is 1. The van der Waals surface area contributed by atoms with Gasteiger partial charge in [-0.2, -0.15) is 4.98 Å². The fourth-order valence-corrected chi connectivity index (χ4v) is 5.00. The second kappa shape index (κ2) is 9.35. The van der Waals surface area contributed by atoms with E-state index in [0.29, 0.717) is 34.8 Å². The molecular formula is C23H26N6O4S. The highest BCUT2D eigenvalue weighted by molar-refractivity contribution is 7.17. The van der Waals surface area contributed by atoms with Crippen molar-refractivity contribution in [3.05, 3.63) is 36.1 Å². The monoisotopic (exact) mass is 482 g/mol. The van der Waals surface area contributed by atoms with E-state index in [1.165, 1.54) is 0 Å². The maximum absolute atomic E-state index is 9.74. The minimum atomic E-state index is 0.0446. The van der Waals surface area contributed by atoms with Crippen LogP contribution in [0.25, 0.3) is 15.9 Å². The number of hydrogen-bond donors (Lipinski definition) is 2. The molecule has 2 N–H and O–H groups in total. The van der Waals surface area contributed by atoms with E-state index in [4.69, 9.17) is 24.2 Å². The number of aliphatic hydroxyl groups is 1. The third-order valence-corrected chi connectivity index (χ3v) is 6.82. The van der Waals surface area contributed by atoms with Gasteiger partial charge in [-0.15, -0.1) is 11.3 Å². The van der Waals surface area contributed by atoms with Crippen molar-refractivity contribution < 1.29 is 19.3 Å². The molecule has 0 bridgehead atoms. The van der Waals surface area contributed by atoms with E-state index in [0.717, 1.165) is 35.3 Å². The first-order chi connectivity index (χ1) is 16.6. The van der Waals surface area contributed by atoms with Gasteiger partial charge in [-0.1, -0.05) is 0 Å². The van der Waals surface area contributed by atoms with Gasteiger partial charge in [0, 0.05) is 18.7 Å². The highest BCUT2D eigenvalue weighted by Gasteiger charge is 2.27. The molecule has 1 saturated heterocycles. The van der Waals surface area contributed by atoms with E-state index in [-0.39, 0.29) is 12.6 Å². The lowest BCUT2D eigenvalue weighted by Gasteiger charge is -2.23. The normalized spacial score (nSPS) is 15.6. The van der Waals surface area contributed by atoms with Crippen LogP contribution in [0, 0.1) is 0 Å². The third kappa shape index (κ3) is 3.97. The van der Waals surface area contributed by atoms with E-state index in [2.05, 4.69) is 15.2 Å². The number of rotatable bonds is 8. The van der Waals surface area contributed by atoms with Gasteiger partial charge in [-0.25, -0.2) is 9.97 Å². The van der Waals surface area contributed by atoms with Crippen molar-refractivity contribution in [3.63, 3.8) is 0 Å². The van der Waals surface area contributed by atoms with Crippen LogP contribution in [0.2, 0.25) is 0 Å². The van der Waals surface area contributed by atoms with E-state index in [1.807, 2.05) is 34.3 Å². The number of nitrogens with one attached hydrogen (secondary N) is 1. The smallest absolute Gasteiger partial charge is 0.228 e. The Bertz CT molecular complexity index is 1280. The average Bonchev–Trinajstić information content (AvgIpc) is 3.63. The minimum Gasteiger partial charge on any atom is -0.493 e. The average molecular weight is 483 g/mol. The number of imidazole rings is 1. The number of fused-ring (bicyclic) bond motifs is 1. The van der Waals surface area contributed by atoms with Crippen molar-refractivity contribution in [2.45, 2.75) is 18.9 Å². The Morgan fingerprint density at radius 1 is 1.15 bits per heavy atom. The van der Waals surface area contributed by atoms with Crippen LogP contribution in [0.1, 0.15) is 12.8 Å². The van der Waals surface area contributed by atoms with Crippen molar-refractivity contribution in [2.24, 2.45) is 0 Å². The summed E-state index contributed by atoms with van der Waals surface area (Å²) in [4.78, 5) is 16.1. The molecule has 0 amide bonds. The van der Waals surface area contributed by atoms with Crippen LogP contribution in [0.3, 0.4) is 0 Å². The van der Waals surface area contributed by atoms with Crippen LogP contribution < -0.4 is 24.4 Å². The summed E-state index contributed by atoms with van der Waals surface area (Å²) < 4.78 is 19.2. The van der Waals surface area contributed by atoms with Gasteiger partial charge in [0.25, 0.3) is 0 Å². The molecule has 1 aliphatic heterocycles. The van der Waals surface area contributed by atoms with Gasteiger partial charge in [0.1, 0.15) is 12.1 Å². The highest BCUT2D eigenvalue weighted by atomic mass is 32.1. The van der Waals surface area contributed by atoms with Crippen LogP contribution in [0.5, 0.6) is 17.2 Å². The highest BCUT2D eigenvalue weighted by Crippen LogP contribution is 2.39. The summed E-state index contributed by atoms with van der Waals surface area (Å²) in [5, 5.41) is 15.1. The van der Waals surface area contributed by atoms with Gasteiger partial charge < -0.3 is 34.1 Å². The minimum absolute atomic E-state index is 0.0446. The van der Waals surface area contributed by atoms with Gasteiger partial charge >= 0.3 is 0 Å². The molecule has 11 heteroatoms. The van der Waals surface area contributed by atoms with Crippen LogP contribution >= 0.6 is 11.3 Å². The number of thiophene rings is 1. The first kappa shape index (κ1) is 22.2. The zero-order valence-corrected chi connectivity index (χ0v) is 20.0. The molecule has 34 heavy (non-hydrogen) atoms. The van der Waals surface area contributed by atoms with Crippen molar-refractivity contribution in [1.82, 2.24) is 19.5 Å². The molecule has 4 heterocycles. The predicted molar refractivity (Wildman–Crippen MR) is 131 cm³/mol. The number of hydrogen-bond acceptors (Lipinski definition) is 10. The van der Waals surface area contributed by atoms with Gasteiger partial charge in [-0.05, 0) is 24.3 Å². The molecule has 10 nitrogen and oxygen atoms in total. The molecule has 3 aromatic heterocycles. The maximum Gasteiger partial charge on any atom is 0.228 e. The summed E-state index contributed by atoms with van der Waals surface area (Å²) in [5.41, 5.74) is 1.67. The molecule has 1 atom stereocenters. The topological polar surface area (TPSA) is 107 Å². The number of nitrogens with zero attached hydrogens (tertiary/aromatic N) is 5. The summed E-state index contributed by atoms with van der Waals surface area (Å²) in [5.74, 6) is 3.59. The molecule has 1 aromatic carbocycles. The number of methoxy groups -OCH3 is 3. The molecular weight excluding hydrogens is 456 g/mol. The predicted octanol–water partition coefficient (Wildman–Crippen LogP) is 3.61. The lowest BCUT2D eigenvalue weighted by molar-refractivity contribution is 0.265. The second-order valence-electron chi connectivity index (χ2n) is 7.85. The summed E-state index contributed by atoms with van der Waals surface area (Å²) >= 11 is 1.57. The molecule has 4 aromatic rings. The Morgan fingerprint density at radius 2 is 1.94 bits per heavy atom. The van der Waals surface area contributed by atoms with Gasteiger partial charge in [0.15, 0.2) is 17.3 Å². The van der Waals surface area contributed by atoms with Crippen molar-refractivity contribution in [1.29, 1.82) is 0 Å². The van der Waals surface area contributed by atoms with Crippen LogP contribution in [-0.4, -0.2) is 65.1 Å². The van der Waals surface area contributed by atoms with Gasteiger partial charge in [-0.3, -0.25) is 0 Å². The summed E-state index contributed by atoms with van der Waals surface area (Å²) in [6.07, 6.45) is 5.52. The Balaban J connectivity index is 1.47. The molecule has 0 aliphatic carbocycles. The van der Waals surface area contributed by atoms with Gasteiger partial charge in [0.2, 0.25) is 11.7 Å². The van der Waals surface area contributed by atoms with Crippen molar-refractivity contribution in [3.8, 4) is 22.9 Å². The number of aliphatic hydroxyl groups excluding tert-OH is 1. The van der Waals surface area contributed by atoms with E-state index >= 15 is 0 Å². The van der Waals surface area contributed by atoms with Crippen LogP contribution in [0.15, 0.2) is 36.1 Å². The quantitative estimate of drug-likeness (QED) is 0.389. The van der Waals surface area contributed by atoms with E-state index in [1.54, 1.807) is 39.0 Å². The Labute approximate surface area is 200 Å². The summed E-state index contributed by atoms with van der Waals surface area (Å²) in [6.45, 7) is 0.920. The Morgan fingerprint density at radius 3 is 2.65 bits per heavy atom. The molecule has 0 radical (unpaired) electrons. The SMILES string of the molecule is COc1cc(-n2cnc(Nc3nc(N4CCC[C@H]4CO)nc4ccsc34)c2)cc(OC)c1OC. The lowest BCUT2D eigenvalue weighted by Crippen LogP contribution is -2.33.